The summed E-state index contributed by atoms with van der Waals surface area (Å²) in [5, 5.41) is 6.87. The summed E-state index contributed by atoms with van der Waals surface area (Å²) in [5.74, 6) is -0.535. The van der Waals surface area contributed by atoms with E-state index < -0.39 is 23.3 Å². The average Bonchev–Trinajstić information content (AvgIpc) is 3.05. The maximum absolute atomic E-state index is 13.6. The molecule has 1 aromatic carbocycles. The predicted octanol–water partition coefficient (Wildman–Crippen LogP) is 1.22. The summed E-state index contributed by atoms with van der Waals surface area (Å²) in [6, 6.07) is 2.90. The Kier molecular flexibility index (Phi) is 5.11. The van der Waals surface area contributed by atoms with E-state index in [1.165, 1.54) is 23.0 Å². The number of rotatable bonds is 4. The van der Waals surface area contributed by atoms with Crippen LogP contribution in [0.25, 0.3) is 10.9 Å². The topological polar surface area (TPSA) is 94.2 Å². The molecule has 9 heteroatoms. The minimum absolute atomic E-state index is 0.113. The van der Waals surface area contributed by atoms with Gasteiger partial charge in [0.1, 0.15) is 11.9 Å². The molecule has 0 saturated carbocycles. The second-order valence-electron chi connectivity index (χ2n) is 6.16. The van der Waals surface area contributed by atoms with Gasteiger partial charge in [-0.15, -0.1) is 0 Å². The molecule has 0 aliphatic carbocycles. The molecule has 3 rings (SSSR count). The molecule has 1 amide bonds. The normalized spacial score (nSPS) is 13.0. The largest absolute Gasteiger partial charge is 0.313 e. The minimum Gasteiger partial charge on any atom is -0.313 e. The average molecular weight is 370 g/mol. The van der Waals surface area contributed by atoms with Gasteiger partial charge in [-0.25, -0.2) is 9.37 Å². The number of hydrogen-bond acceptors (Lipinski definition) is 5. The number of carbonyl (C=O) groups excluding carboxylic acids is 1. The highest BCUT2D eigenvalue weighted by molar-refractivity contribution is 5.98. The number of amides is 1. The van der Waals surface area contributed by atoms with E-state index in [9.17, 15) is 14.0 Å². The minimum atomic E-state index is -0.890. The zero-order valence-electron chi connectivity index (χ0n) is 15.2. The zero-order chi connectivity index (χ0) is 19.6. The van der Waals surface area contributed by atoms with Crippen molar-refractivity contribution in [2.45, 2.75) is 19.4 Å². The summed E-state index contributed by atoms with van der Waals surface area (Å²) in [4.78, 5) is 33.8. The first-order chi connectivity index (χ1) is 12.9. The zero-order valence-corrected chi connectivity index (χ0v) is 15.2. The molecule has 2 heterocycles. The van der Waals surface area contributed by atoms with Crippen LogP contribution in [0, 0.1) is 5.82 Å². The highest BCUT2D eigenvalue weighted by Gasteiger charge is 2.24. The summed E-state index contributed by atoms with van der Waals surface area (Å²) in [6.07, 6.45) is 4.92. The number of halogens is 1. The standard InChI is InChI=1S/C18H19FN6O2/c1-11(20-2)23-17(26)16(6-12-8-22-24(3)9-12)25-10-21-15-5-4-13(19)7-14(15)18(25)27/h4-5,7-10,16H,6H2,1-3H3,(H,20,23,26). The third kappa shape index (κ3) is 3.91. The quantitative estimate of drug-likeness (QED) is 0.552. The van der Waals surface area contributed by atoms with Gasteiger partial charge in [-0.05, 0) is 30.7 Å². The number of benzene rings is 1. The summed E-state index contributed by atoms with van der Waals surface area (Å²) < 4.78 is 16.4. The third-order valence-corrected chi connectivity index (χ3v) is 4.21. The number of aryl methyl sites for hydroxylation is 1. The van der Waals surface area contributed by atoms with Gasteiger partial charge >= 0.3 is 0 Å². The van der Waals surface area contributed by atoms with Crippen molar-refractivity contribution in [3.05, 3.63) is 58.7 Å². The number of nitrogens with zero attached hydrogens (tertiary/aromatic N) is 5. The van der Waals surface area contributed by atoms with E-state index in [1.54, 1.807) is 38.1 Å². The van der Waals surface area contributed by atoms with Crippen LogP contribution in [0.5, 0.6) is 0 Å². The van der Waals surface area contributed by atoms with Crippen LogP contribution in [0.3, 0.4) is 0 Å². The number of amidine groups is 1. The number of hydrogen-bond donors (Lipinski definition) is 1. The fourth-order valence-corrected chi connectivity index (χ4v) is 2.77. The van der Waals surface area contributed by atoms with Crippen LogP contribution in [-0.2, 0) is 18.3 Å². The lowest BCUT2D eigenvalue weighted by Crippen LogP contribution is -2.40. The SMILES string of the molecule is CN=C(C)NC(=O)C(Cc1cnn(C)c1)n1cnc2ccc(F)cc2c1=O. The van der Waals surface area contributed by atoms with Crippen LogP contribution in [0.15, 0.2) is 46.7 Å². The molecule has 140 valence electrons. The predicted molar refractivity (Wildman–Crippen MR) is 99.1 cm³/mol. The molecule has 3 aromatic rings. The Hall–Kier alpha value is -3.36. The molecule has 0 aliphatic rings. The highest BCUT2D eigenvalue weighted by Crippen LogP contribution is 2.15. The van der Waals surface area contributed by atoms with Crippen LogP contribution in [-0.4, -0.2) is 38.1 Å². The molecule has 27 heavy (non-hydrogen) atoms. The molecule has 0 radical (unpaired) electrons. The van der Waals surface area contributed by atoms with Crippen molar-refractivity contribution < 1.29 is 9.18 Å². The smallest absolute Gasteiger partial charge is 0.262 e. The number of nitrogens with one attached hydrogen (secondary N) is 1. The third-order valence-electron chi connectivity index (χ3n) is 4.21. The van der Waals surface area contributed by atoms with Gasteiger partial charge in [-0.1, -0.05) is 0 Å². The Labute approximate surface area is 154 Å². The van der Waals surface area contributed by atoms with Crippen molar-refractivity contribution in [2.24, 2.45) is 12.0 Å². The fourth-order valence-electron chi connectivity index (χ4n) is 2.77. The monoisotopic (exact) mass is 370 g/mol. The van der Waals surface area contributed by atoms with E-state index in [0.717, 1.165) is 11.6 Å². The van der Waals surface area contributed by atoms with Gasteiger partial charge in [0, 0.05) is 26.7 Å². The second kappa shape index (κ2) is 7.48. The summed E-state index contributed by atoms with van der Waals surface area (Å²) in [7, 11) is 3.32. The first-order valence-electron chi connectivity index (χ1n) is 8.27. The van der Waals surface area contributed by atoms with Gasteiger partial charge in [0.2, 0.25) is 5.91 Å². The number of aromatic nitrogens is 4. The molecule has 2 aromatic heterocycles. The van der Waals surface area contributed by atoms with Gasteiger partial charge in [0.25, 0.3) is 5.56 Å². The number of aliphatic imine (C=N–C) groups is 1. The van der Waals surface area contributed by atoms with Crippen LogP contribution >= 0.6 is 0 Å². The van der Waals surface area contributed by atoms with Crippen molar-refractivity contribution in [1.29, 1.82) is 0 Å². The highest BCUT2D eigenvalue weighted by atomic mass is 19.1. The number of fused-ring (bicyclic) bond motifs is 1. The Bertz CT molecular complexity index is 1080. The molecule has 1 atom stereocenters. The van der Waals surface area contributed by atoms with Gasteiger partial charge in [0.05, 0.1) is 29.3 Å². The number of carbonyl (C=O) groups is 1. The van der Waals surface area contributed by atoms with E-state index in [4.69, 9.17) is 0 Å². The molecule has 1 N–H and O–H groups in total. The Morgan fingerprint density at radius 1 is 1.41 bits per heavy atom. The first-order valence-corrected chi connectivity index (χ1v) is 8.27. The van der Waals surface area contributed by atoms with Gasteiger partial charge in [-0.3, -0.25) is 23.8 Å². The lowest BCUT2D eigenvalue weighted by atomic mass is 10.1. The lowest BCUT2D eigenvalue weighted by Gasteiger charge is -2.19. The maximum Gasteiger partial charge on any atom is 0.262 e. The molecule has 0 fully saturated rings. The van der Waals surface area contributed by atoms with Crippen molar-refractivity contribution in [2.75, 3.05) is 7.05 Å². The molecule has 1 unspecified atom stereocenters. The molecule has 0 aliphatic heterocycles. The summed E-state index contributed by atoms with van der Waals surface area (Å²) >= 11 is 0. The van der Waals surface area contributed by atoms with Gasteiger partial charge in [0.15, 0.2) is 0 Å². The summed E-state index contributed by atoms with van der Waals surface area (Å²) in [6.45, 7) is 1.65. The molecule has 0 saturated heterocycles. The van der Waals surface area contributed by atoms with Gasteiger partial charge in [-0.2, -0.15) is 5.10 Å². The van der Waals surface area contributed by atoms with Crippen molar-refractivity contribution in [3.63, 3.8) is 0 Å². The van der Waals surface area contributed by atoms with Crippen LogP contribution in [0.4, 0.5) is 4.39 Å². The van der Waals surface area contributed by atoms with E-state index in [1.807, 2.05) is 0 Å². The Morgan fingerprint density at radius 3 is 2.85 bits per heavy atom. The fraction of sp³-hybridized carbons (Fsp3) is 0.278. The Balaban J connectivity index is 2.08. The second-order valence-corrected chi connectivity index (χ2v) is 6.16. The van der Waals surface area contributed by atoms with Crippen LogP contribution in [0.2, 0.25) is 0 Å². The van der Waals surface area contributed by atoms with E-state index in [2.05, 4.69) is 20.4 Å². The van der Waals surface area contributed by atoms with E-state index in [-0.39, 0.29) is 11.8 Å². The molecular weight excluding hydrogens is 351 g/mol. The molecule has 0 spiro atoms. The summed E-state index contributed by atoms with van der Waals surface area (Å²) in [5.41, 5.74) is 0.647. The molecule has 8 nitrogen and oxygen atoms in total. The van der Waals surface area contributed by atoms with Crippen LogP contribution < -0.4 is 10.9 Å². The van der Waals surface area contributed by atoms with Crippen molar-refractivity contribution >= 4 is 22.6 Å². The molecular formula is C18H19FN6O2. The van der Waals surface area contributed by atoms with E-state index >= 15 is 0 Å². The maximum atomic E-state index is 13.6. The lowest BCUT2D eigenvalue weighted by molar-refractivity contribution is -0.123. The van der Waals surface area contributed by atoms with Crippen molar-refractivity contribution in [1.82, 2.24) is 24.6 Å². The first kappa shape index (κ1) is 18.4. The van der Waals surface area contributed by atoms with Crippen LogP contribution in [0.1, 0.15) is 18.5 Å². The van der Waals surface area contributed by atoms with E-state index in [0.29, 0.717) is 11.4 Å². The van der Waals surface area contributed by atoms with Crippen molar-refractivity contribution in [3.8, 4) is 0 Å². The Morgan fingerprint density at radius 2 is 2.19 bits per heavy atom. The van der Waals surface area contributed by atoms with Gasteiger partial charge < -0.3 is 5.32 Å². The molecule has 0 bridgehead atoms.